The summed E-state index contributed by atoms with van der Waals surface area (Å²) in [6.45, 7) is 1.83. The maximum atomic E-state index is 12.3. The fourth-order valence-electron chi connectivity index (χ4n) is 3.44. The Morgan fingerprint density at radius 3 is 2.67 bits per heavy atom. The number of amides is 1. The summed E-state index contributed by atoms with van der Waals surface area (Å²) in [7, 11) is 1.86. The summed E-state index contributed by atoms with van der Waals surface area (Å²) in [4.78, 5) is 14.2. The minimum absolute atomic E-state index is 0.0157. The van der Waals surface area contributed by atoms with Gasteiger partial charge in [0.15, 0.2) is 0 Å². The molecule has 18 heavy (non-hydrogen) atoms. The average molecular weight is 254 g/mol. The third-order valence-electron chi connectivity index (χ3n) is 4.65. The summed E-state index contributed by atoms with van der Waals surface area (Å²) in [5, 5.41) is 12.8. The zero-order valence-corrected chi connectivity index (χ0v) is 11.5. The van der Waals surface area contributed by atoms with E-state index < -0.39 is 0 Å². The van der Waals surface area contributed by atoms with E-state index in [2.05, 4.69) is 5.32 Å². The number of hydrogen-bond acceptors (Lipinski definition) is 3. The molecule has 1 unspecified atom stereocenters. The summed E-state index contributed by atoms with van der Waals surface area (Å²) in [5.74, 6) is 0.224. The van der Waals surface area contributed by atoms with Crippen LogP contribution in [0.3, 0.4) is 0 Å². The summed E-state index contributed by atoms with van der Waals surface area (Å²) in [6, 6.07) is -0.0157. The van der Waals surface area contributed by atoms with Gasteiger partial charge >= 0.3 is 0 Å². The van der Waals surface area contributed by atoms with Gasteiger partial charge in [-0.1, -0.05) is 19.3 Å². The van der Waals surface area contributed by atoms with Crippen LogP contribution in [0.25, 0.3) is 0 Å². The van der Waals surface area contributed by atoms with Gasteiger partial charge in [-0.3, -0.25) is 4.79 Å². The predicted octanol–water partition coefficient (Wildman–Crippen LogP) is 1.14. The van der Waals surface area contributed by atoms with E-state index in [9.17, 15) is 9.90 Å². The lowest BCUT2D eigenvalue weighted by Gasteiger charge is -2.42. The Morgan fingerprint density at radius 2 is 2.06 bits per heavy atom. The van der Waals surface area contributed by atoms with Gasteiger partial charge in [0.05, 0.1) is 12.6 Å². The van der Waals surface area contributed by atoms with Crippen LogP contribution in [0.15, 0.2) is 0 Å². The second-order valence-corrected chi connectivity index (χ2v) is 5.96. The molecule has 0 aromatic rings. The maximum Gasteiger partial charge on any atom is 0.239 e. The predicted molar refractivity (Wildman–Crippen MR) is 71.3 cm³/mol. The zero-order chi connectivity index (χ0) is 13.0. The molecule has 1 atom stereocenters. The molecule has 2 fully saturated rings. The van der Waals surface area contributed by atoms with Crippen LogP contribution in [-0.2, 0) is 4.79 Å². The van der Waals surface area contributed by atoms with Crippen LogP contribution in [0, 0.1) is 5.41 Å². The number of nitrogens with one attached hydrogen (secondary N) is 1. The molecule has 0 spiro atoms. The van der Waals surface area contributed by atoms with Crippen LogP contribution in [-0.4, -0.2) is 48.7 Å². The largest absolute Gasteiger partial charge is 0.396 e. The molecule has 4 heteroatoms. The van der Waals surface area contributed by atoms with Crippen LogP contribution in [0.2, 0.25) is 0 Å². The molecule has 2 rings (SSSR count). The molecule has 104 valence electrons. The lowest BCUT2D eigenvalue weighted by Crippen LogP contribution is -2.53. The molecule has 1 heterocycles. The first-order valence-electron chi connectivity index (χ1n) is 7.28. The Morgan fingerprint density at radius 1 is 1.33 bits per heavy atom. The number of piperidine rings is 1. The topological polar surface area (TPSA) is 52.6 Å². The Kier molecular flexibility index (Phi) is 4.62. The Labute approximate surface area is 110 Å². The highest BCUT2D eigenvalue weighted by molar-refractivity contribution is 5.82. The van der Waals surface area contributed by atoms with Crippen molar-refractivity contribution in [2.75, 3.05) is 26.7 Å². The molecule has 0 radical (unpaired) electrons. The number of likely N-dealkylation sites (tertiary alicyclic amines) is 1. The van der Waals surface area contributed by atoms with Gasteiger partial charge in [-0.05, 0) is 32.7 Å². The van der Waals surface area contributed by atoms with E-state index in [1.54, 1.807) is 0 Å². The van der Waals surface area contributed by atoms with Crippen molar-refractivity contribution in [1.82, 2.24) is 10.2 Å². The van der Waals surface area contributed by atoms with Gasteiger partial charge in [-0.15, -0.1) is 0 Å². The highest BCUT2D eigenvalue weighted by atomic mass is 16.3. The minimum atomic E-state index is -0.0243. The van der Waals surface area contributed by atoms with Crippen LogP contribution in [0.1, 0.15) is 44.9 Å². The molecular formula is C14H26N2O2. The summed E-state index contributed by atoms with van der Waals surface area (Å²) in [6.07, 6.45) is 7.80. The molecule has 0 bridgehead atoms. The number of carbonyl (C=O) groups excluding carboxylic acids is 1. The van der Waals surface area contributed by atoms with Crippen molar-refractivity contribution in [3.05, 3.63) is 0 Å². The molecule has 2 N–H and O–H groups in total. The lowest BCUT2D eigenvalue weighted by molar-refractivity contribution is -0.138. The Bertz CT molecular complexity index is 288. The smallest absolute Gasteiger partial charge is 0.239 e. The lowest BCUT2D eigenvalue weighted by atomic mass is 9.74. The Balaban J connectivity index is 2.00. The molecule has 2 aliphatic rings. The second-order valence-electron chi connectivity index (χ2n) is 5.96. The molecular weight excluding hydrogens is 228 g/mol. The van der Waals surface area contributed by atoms with E-state index in [-0.39, 0.29) is 24.0 Å². The van der Waals surface area contributed by atoms with Gasteiger partial charge in [0.25, 0.3) is 0 Å². The SMILES string of the molecule is CNC1CCCN(CC2(CO)CCCCC2)C1=O. The molecule has 1 aliphatic heterocycles. The first-order chi connectivity index (χ1) is 8.71. The molecule has 1 aliphatic carbocycles. The number of rotatable bonds is 4. The highest BCUT2D eigenvalue weighted by Crippen LogP contribution is 2.37. The molecule has 1 saturated carbocycles. The number of nitrogens with zero attached hydrogens (tertiary/aromatic N) is 1. The Hall–Kier alpha value is -0.610. The van der Waals surface area contributed by atoms with E-state index >= 15 is 0 Å². The fourth-order valence-corrected chi connectivity index (χ4v) is 3.44. The monoisotopic (exact) mass is 254 g/mol. The first-order valence-corrected chi connectivity index (χ1v) is 7.28. The van der Waals surface area contributed by atoms with Crippen LogP contribution >= 0.6 is 0 Å². The number of aliphatic hydroxyl groups excluding tert-OH is 1. The summed E-state index contributed by atoms with van der Waals surface area (Å²) >= 11 is 0. The van der Waals surface area contributed by atoms with E-state index in [0.717, 1.165) is 38.8 Å². The normalized spacial score (nSPS) is 28.4. The van der Waals surface area contributed by atoms with Gasteiger partial charge in [0.1, 0.15) is 0 Å². The van der Waals surface area contributed by atoms with E-state index in [1.807, 2.05) is 11.9 Å². The summed E-state index contributed by atoms with van der Waals surface area (Å²) < 4.78 is 0. The molecule has 1 amide bonds. The van der Waals surface area contributed by atoms with Crippen molar-refractivity contribution >= 4 is 5.91 Å². The van der Waals surface area contributed by atoms with Gasteiger partial charge in [0.2, 0.25) is 5.91 Å². The van der Waals surface area contributed by atoms with Crippen molar-refractivity contribution in [2.45, 2.75) is 51.0 Å². The number of hydrogen-bond donors (Lipinski definition) is 2. The van der Waals surface area contributed by atoms with E-state index in [1.165, 1.54) is 19.3 Å². The first kappa shape index (κ1) is 13.8. The second kappa shape index (κ2) is 6.02. The van der Waals surface area contributed by atoms with Gasteiger partial charge in [0, 0.05) is 18.5 Å². The number of likely N-dealkylation sites (N-methyl/N-ethyl adjacent to an activating group) is 1. The summed E-state index contributed by atoms with van der Waals surface area (Å²) in [5.41, 5.74) is -0.0243. The zero-order valence-electron chi connectivity index (χ0n) is 11.5. The fraction of sp³-hybridized carbons (Fsp3) is 0.929. The maximum absolute atomic E-state index is 12.3. The molecule has 1 saturated heterocycles. The van der Waals surface area contributed by atoms with E-state index in [0.29, 0.717) is 0 Å². The quantitative estimate of drug-likeness (QED) is 0.791. The van der Waals surface area contributed by atoms with Gasteiger partial charge in [-0.2, -0.15) is 0 Å². The minimum Gasteiger partial charge on any atom is -0.396 e. The van der Waals surface area contributed by atoms with Crippen molar-refractivity contribution in [1.29, 1.82) is 0 Å². The number of aliphatic hydroxyl groups is 1. The molecule has 4 nitrogen and oxygen atoms in total. The van der Waals surface area contributed by atoms with Crippen LogP contribution in [0.4, 0.5) is 0 Å². The van der Waals surface area contributed by atoms with Crippen LogP contribution < -0.4 is 5.32 Å². The van der Waals surface area contributed by atoms with E-state index in [4.69, 9.17) is 0 Å². The van der Waals surface area contributed by atoms with Crippen molar-refractivity contribution in [2.24, 2.45) is 5.41 Å². The standard InChI is InChI=1S/C14H26N2O2/c1-15-12-6-5-9-16(13(12)18)10-14(11-17)7-3-2-4-8-14/h12,15,17H,2-11H2,1H3. The van der Waals surface area contributed by atoms with Crippen molar-refractivity contribution in [3.8, 4) is 0 Å². The number of carbonyl (C=O) groups is 1. The third kappa shape index (κ3) is 2.86. The third-order valence-corrected chi connectivity index (χ3v) is 4.65. The van der Waals surface area contributed by atoms with Crippen molar-refractivity contribution in [3.63, 3.8) is 0 Å². The highest BCUT2D eigenvalue weighted by Gasteiger charge is 2.37. The van der Waals surface area contributed by atoms with Gasteiger partial charge in [-0.25, -0.2) is 0 Å². The van der Waals surface area contributed by atoms with Gasteiger partial charge < -0.3 is 15.3 Å². The molecule has 0 aromatic carbocycles. The van der Waals surface area contributed by atoms with Crippen LogP contribution in [0.5, 0.6) is 0 Å². The van der Waals surface area contributed by atoms with Crippen molar-refractivity contribution < 1.29 is 9.90 Å². The molecule has 0 aromatic heterocycles. The average Bonchev–Trinajstić information content (AvgIpc) is 2.42.